The zero-order valence-electron chi connectivity index (χ0n) is 18.6. The number of likely N-dealkylation sites (N-methyl/N-ethyl adjacent to an activating group) is 1. The van der Waals surface area contributed by atoms with Gasteiger partial charge >= 0.3 is 0 Å². The lowest BCUT2D eigenvalue weighted by molar-refractivity contribution is 0.0953. The third-order valence-corrected chi connectivity index (χ3v) is 5.83. The van der Waals surface area contributed by atoms with E-state index in [4.69, 9.17) is 0 Å². The summed E-state index contributed by atoms with van der Waals surface area (Å²) < 4.78 is 16.8. The minimum absolute atomic E-state index is 0.0728. The second-order valence-electron chi connectivity index (χ2n) is 8.06. The van der Waals surface area contributed by atoms with Crippen molar-refractivity contribution in [2.24, 2.45) is 5.10 Å². The molecule has 2 aromatic carbocycles. The van der Waals surface area contributed by atoms with Gasteiger partial charge in [0, 0.05) is 44.3 Å². The molecule has 1 saturated heterocycles. The maximum atomic E-state index is 15.0. The van der Waals surface area contributed by atoms with Gasteiger partial charge in [-0.25, -0.2) is 9.82 Å². The van der Waals surface area contributed by atoms with Crippen molar-refractivity contribution in [1.29, 1.82) is 0 Å². The van der Waals surface area contributed by atoms with Gasteiger partial charge in [0.05, 0.1) is 17.4 Å². The van der Waals surface area contributed by atoms with Crippen LogP contribution in [0.1, 0.15) is 22.8 Å². The van der Waals surface area contributed by atoms with Crippen LogP contribution in [0.3, 0.4) is 0 Å². The number of aromatic nitrogens is 1. The summed E-state index contributed by atoms with van der Waals surface area (Å²) >= 11 is 0. The van der Waals surface area contributed by atoms with Gasteiger partial charge < -0.3 is 19.5 Å². The van der Waals surface area contributed by atoms with E-state index in [1.54, 1.807) is 22.8 Å². The number of phenols is 1. The van der Waals surface area contributed by atoms with Crippen LogP contribution >= 0.6 is 0 Å². The Balaban J connectivity index is 1.66. The van der Waals surface area contributed by atoms with Crippen LogP contribution in [0.25, 0.3) is 10.9 Å². The molecule has 1 aromatic heterocycles. The van der Waals surface area contributed by atoms with Crippen molar-refractivity contribution in [3.05, 3.63) is 69.8 Å². The Kier molecular flexibility index (Phi) is 6.41. The predicted molar refractivity (Wildman–Crippen MR) is 127 cm³/mol. The Morgan fingerprint density at radius 1 is 1.21 bits per heavy atom. The van der Waals surface area contributed by atoms with Crippen LogP contribution < -0.4 is 15.8 Å². The fraction of sp³-hybridized carbons (Fsp3) is 0.292. The van der Waals surface area contributed by atoms with Crippen molar-refractivity contribution in [2.75, 3.05) is 38.1 Å². The van der Waals surface area contributed by atoms with E-state index in [1.807, 2.05) is 18.9 Å². The number of carbonyl (C=O) groups excluding carboxylic acids is 1. The molecule has 0 spiro atoms. The van der Waals surface area contributed by atoms with Crippen LogP contribution in [0, 0.1) is 5.82 Å². The van der Waals surface area contributed by atoms with Gasteiger partial charge in [0.25, 0.3) is 5.91 Å². The summed E-state index contributed by atoms with van der Waals surface area (Å²) in [6.45, 7) is 5.46. The quantitative estimate of drug-likeness (QED) is 0.459. The molecule has 2 N–H and O–H groups in total. The van der Waals surface area contributed by atoms with Crippen molar-refractivity contribution in [2.45, 2.75) is 13.5 Å². The number of hydrogen-bond acceptors (Lipinski definition) is 6. The molecule has 0 bridgehead atoms. The van der Waals surface area contributed by atoms with Gasteiger partial charge in [0.2, 0.25) is 5.43 Å². The molecule has 2 heterocycles. The predicted octanol–water partition coefficient (Wildman–Crippen LogP) is 2.38. The number of pyridine rings is 1. The van der Waals surface area contributed by atoms with Crippen LogP contribution in [0.5, 0.6) is 5.75 Å². The first-order chi connectivity index (χ1) is 15.9. The zero-order valence-corrected chi connectivity index (χ0v) is 18.6. The molecule has 0 atom stereocenters. The maximum Gasteiger partial charge on any atom is 0.276 e. The summed E-state index contributed by atoms with van der Waals surface area (Å²) in [7, 11) is 2.03. The molecule has 8 nitrogen and oxygen atoms in total. The van der Waals surface area contributed by atoms with Crippen LogP contribution in [0.4, 0.5) is 10.1 Å². The first kappa shape index (κ1) is 22.5. The number of amides is 1. The van der Waals surface area contributed by atoms with Crippen LogP contribution in [-0.4, -0.2) is 59.9 Å². The van der Waals surface area contributed by atoms with E-state index in [9.17, 15) is 14.7 Å². The van der Waals surface area contributed by atoms with Crippen molar-refractivity contribution in [3.8, 4) is 5.75 Å². The third kappa shape index (κ3) is 4.73. The number of fused-ring (bicyclic) bond motifs is 1. The summed E-state index contributed by atoms with van der Waals surface area (Å²) in [6, 6.07) is 9.28. The molecule has 0 aliphatic carbocycles. The van der Waals surface area contributed by atoms with Gasteiger partial charge in [0.15, 0.2) is 0 Å². The number of benzene rings is 2. The Morgan fingerprint density at radius 3 is 2.67 bits per heavy atom. The van der Waals surface area contributed by atoms with E-state index >= 15 is 4.39 Å². The first-order valence-corrected chi connectivity index (χ1v) is 10.8. The lowest BCUT2D eigenvalue weighted by Crippen LogP contribution is -2.44. The number of carbonyl (C=O) groups is 1. The molecule has 1 aliphatic heterocycles. The average molecular weight is 452 g/mol. The molecular formula is C24H26FN5O3. The van der Waals surface area contributed by atoms with Gasteiger partial charge in [-0.05, 0) is 43.8 Å². The molecule has 0 saturated carbocycles. The van der Waals surface area contributed by atoms with E-state index in [2.05, 4.69) is 15.4 Å². The standard InChI is InChI=1S/C24H26FN5O3/c1-3-29-15-19(24(33)27-26-14-16-5-4-6-17(31)11-16)23(32)18-12-20(25)22(13-21(18)29)30-9-7-28(2)8-10-30/h4-6,11-15,31H,3,7-10H2,1-2H3,(H,27,33)/b26-14-. The third-order valence-electron chi connectivity index (χ3n) is 5.83. The van der Waals surface area contributed by atoms with Crippen molar-refractivity contribution in [1.82, 2.24) is 14.9 Å². The number of anilines is 1. The minimum atomic E-state index is -0.691. The fourth-order valence-corrected chi connectivity index (χ4v) is 3.94. The number of halogens is 1. The van der Waals surface area contributed by atoms with Gasteiger partial charge in [-0.3, -0.25) is 9.59 Å². The molecule has 3 aromatic rings. The molecule has 9 heteroatoms. The number of phenolic OH excluding ortho intramolecular Hbond substituents is 1. The van der Waals surface area contributed by atoms with Crippen molar-refractivity contribution in [3.63, 3.8) is 0 Å². The summed E-state index contributed by atoms with van der Waals surface area (Å²) in [4.78, 5) is 29.9. The lowest BCUT2D eigenvalue weighted by atomic mass is 10.1. The highest BCUT2D eigenvalue weighted by Gasteiger charge is 2.21. The highest BCUT2D eigenvalue weighted by atomic mass is 19.1. The van der Waals surface area contributed by atoms with Gasteiger partial charge in [-0.15, -0.1) is 0 Å². The maximum absolute atomic E-state index is 15.0. The number of rotatable bonds is 5. The second-order valence-corrected chi connectivity index (χ2v) is 8.06. The summed E-state index contributed by atoms with van der Waals surface area (Å²) in [5.74, 6) is -1.10. The highest BCUT2D eigenvalue weighted by Crippen LogP contribution is 2.26. The van der Waals surface area contributed by atoms with Crippen molar-refractivity contribution >= 4 is 28.7 Å². The van der Waals surface area contributed by atoms with E-state index in [0.29, 0.717) is 36.4 Å². The van der Waals surface area contributed by atoms with Gasteiger partial charge in [-0.1, -0.05) is 12.1 Å². The van der Waals surface area contributed by atoms with E-state index in [0.717, 1.165) is 13.1 Å². The number of aryl methyl sites for hydroxylation is 1. The van der Waals surface area contributed by atoms with Crippen LogP contribution in [0.2, 0.25) is 0 Å². The largest absolute Gasteiger partial charge is 0.508 e. The van der Waals surface area contributed by atoms with Crippen molar-refractivity contribution < 1.29 is 14.3 Å². The molecule has 1 aliphatic rings. The Hall–Kier alpha value is -3.72. The lowest BCUT2D eigenvalue weighted by Gasteiger charge is -2.34. The van der Waals surface area contributed by atoms with E-state index in [1.165, 1.54) is 30.6 Å². The molecule has 172 valence electrons. The first-order valence-electron chi connectivity index (χ1n) is 10.8. The Morgan fingerprint density at radius 2 is 1.97 bits per heavy atom. The topological polar surface area (TPSA) is 90.2 Å². The Labute approximate surface area is 190 Å². The number of hydrazone groups is 1. The number of piperazine rings is 1. The van der Waals surface area contributed by atoms with Crippen LogP contribution in [-0.2, 0) is 6.54 Å². The molecule has 1 amide bonds. The Bertz CT molecular complexity index is 1280. The average Bonchev–Trinajstić information content (AvgIpc) is 2.80. The normalized spacial score (nSPS) is 14.8. The SMILES string of the molecule is CCn1cc(C(=O)N/N=C\c2cccc(O)c2)c(=O)c2cc(F)c(N3CCN(C)CC3)cc21. The molecular weight excluding hydrogens is 425 g/mol. The smallest absolute Gasteiger partial charge is 0.276 e. The van der Waals surface area contributed by atoms with Gasteiger partial charge in [-0.2, -0.15) is 5.10 Å². The molecule has 4 rings (SSSR count). The summed E-state index contributed by atoms with van der Waals surface area (Å²) in [5, 5.41) is 13.5. The summed E-state index contributed by atoms with van der Waals surface area (Å²) in [5.41, 5.74) is 3.29. The molecule has 0 radical (unpaired) electrons. The van der Waals surface area contributed by atoms with Gasteiger partial charge in [0.1, 0.15) is 17.1 Å². The van der Waals surface area contributed by atoms with E-state index in [-0.39, 0.29) is 16.7 Å². The summed E-state index contributed by atoms with van der Waals surface area (Å²) in [6.07, 6.45) is 2.84. The second kappa shape index (κ2) is 9.41. The number of hydrogen-bond donors (Lipinski definition) is 2. The minimum Gasteiger partial charge on any atom is -0.508 e. The van der Waals surface area contributed by atoms with Crippen LogP contribution in [0.15, 0.2) is 52.5 Å². The number of aromatic hydroxyl groups is 1. The molecule has 1 fully saturated rings. The number of nitrogens with zero attached hydrogens (tertiary/aromatic N) is 4. The zero-order chi connectivity index (χ0) is 23.5. The monoisotopic (exact) mass is 451 g/mol. The molecule has 33 heavy (non-hydrogen) atoms. The number of nitrogens with one attached hydrogen (secondary N) is 1. The highest BCUT2D eigenvalue weighted by molar-refractivity contribution is 5.98. The molecule has 0 unspecified atom stereocenters. The fourth-order valence-electron chi connectivity index (χ4n) is 3.94. The van der Waals surface area contributed by atoms with E-state index < -0.39 is 17.2 Å².